The number of aliphatic carboxylic acids is 2. The number of carbonyl (C=O) groups excluding carboxylic acids is 1. The highest BCUT2D eigenvalue weighted by Gasteiger charge is 2.31. The van der Waals surface area contributed by atoms with Crippen LogP contribution in [0, 0.1) is 5.92 Å². The molecule has 36 heavy (non-hydrogen) atoms. The fourth-order valence-corrected chi connectivity index (χ4v) is 4.81. The largest absolute Gasteiger partial charge is 0.489 e. The van der Waals surface area contributed by atoms with Crippen LogP contribution in [-0.2, 0) is 16.2 Å². The summed E-state index contributed by atoms with van der Waals surface area (Å²) < 4.78 is 9.84. The summed E-state index contributed by atoms with van der Waals surface area (Å²) in [6.45, 7) is 1.21. The minimum Gasteiger partial charge on any atom is -0.489 e. The van der Waals surface area contributed by atoms with Crippen LogP contribution in [0.5, 0.6) is 5.75 Å². The number of aromatic nitrogens is 2. The van der Waals surface area contributed by atoms with E-state index in [-0.39, 0.29) is 11.8 Å². The first-order valence-electron chi connectivity index (χ1n) is 11.0. The van der Waals surface area contributed by atoms with Crippen LogP contribution in [0.4, 0.5) is 5.69 Å². The van der Waals surface area contributed by atoms with Crippen molar-refractivity contribution in [3.63, 3.8) is 0 Å². The Morgan fingerprint density at radius 2 is 1.78 bits per heavy atom. The van der Waals surface area contributed by atoms with Crippen molar-refractivity contribution in [2.75, 3.05) is 16.6 Å². The lowest BCUT2D eigenvalue weighted by molar-refractivity contribution is -0.159. The number of rotatable bonds is 5. The quantitative estimate of drug-likeness (QED) is 0.304. The number of hydrogen-bond acceptors (Lipinski definition) is 7. The number of hydrogen-bond donors (Lipinski definition) is 2. The van der Waals surface area contributed by atoms with Gasteiger partial charge in [0.1, 0.15) is 12.4 Å². The lowest BCUT2D eigenvalue weighted by Crippen LogP contribution is -2.26. The highest BCUT2D eigenvalue weighted by molar-refractivity contribution is 8.00. The summed E-state index contributed by atoms with van der Waals surface area (Å²) >= 11 is 1.68. The van der Waals surface area contributed by atoms with Gasteiger partial charge in [0.05, 0.1) is 23.3 Å². The van der Waals surface area contributed by atoms with Gasteiger partial charge in [-0.2, -0.15) is 0 Å². The van der Waals surface area contributed by atoms with Crippen LogP contribution in [0.15, 0.2) is 85.3 Å². The van der Waals surface area contributed by atoms with Gasteiger partial charge in [-0.15, -0.1) is 0 Å². The molecule has 1 atom stereocenters. The fraction of sp³-hybridized carbons (Fsp3) is 0.154. The molecule has 0 saturated carbocycles. The number of nitrogens with zero attached hydrogens (tertiary/aromatic N) is 3. The number of pyridine rings is 1. The van der Waals surface area contributed by atoms with E-state index in [4.69, 9.17) is 24.5 Å². The summed E-state index contributed by atoms with van der Waals surface area (Å²) in [6, 6.07) is 21.9. The Balaban J connectivity index is 0.000000455. The molecule has 4 aromatic rings. The Kier molecular flexibility index (Phi) is 7.86. The van der Waals surface area contributed by atoms with Gasteiger partial charge in [-0.3, -0.25) is 14.3 Å². The number of anilines is 1. The molecule has 2 N–H and O–H groups in total. The van der Waals surface area contributed by atoms with E-state index in [0.717, 1.165) is 33.7 Å². The Morgan fingerprint density at radius 1 is 1.00 bits per heavy atom. The summed E-state index contributed by atoms with van der Waals surface area (Å²) in [7, 11) is 0. The maximum absolute atomic E-state index is 13.2. The van der Waals surface area contributed by atoms with Crippen molar-refractivity contribution in [3.05, 3.63) is 90.9 Å². The van der Waals surface area contributed by atoms with Gasteiger partial charge in [-0.1, -0.05) is 30.3 Å². The monoisotopic (exact) mass is 505 g/mol. The first-order chi connectivity index (χ1) is 17.4. The van der Waals surface area contributed by atoms with Crippen molar-refractivity contribution in [2.24, 2.45) is 5.92 Å². The maximum Gasteiger partial charge on any atom is 0.414 e. The van der Waals surface area contributed by atoms with Crippen LogP contribution in [0.3, 0.4) is 0 Å². The van der Waals surface area contributed by atoms with Gasteiger partial charge >= 0.3 is 11.9 Å². The molecule has 3 heterocycles. The zero-order valence-electron chi connectivity index (χ0n) is 19.1. The van der Waals surface area contributed by atoms with E-state index in [0.29, 0.717) is 13.2 Å². The fourth-order valence-electron chi connectivity index (χ4n) is 3.66. The molecule has 1 saturated heterocycles. The maximum atomic E-state index is 13.2. The van der Waals surface area contributed by atoms with Crippen LogP contribution in [0.1, 0.15) is 10.4 Å². The normalized spacial score (nSPS) is 14.7. The molecule has 0 radical (unpaired) electrons. The van der Waals surface area contributed by atoms with Crippen LogP contribution >= 0.6 is 11.9 Å². The number of carboxylic acid groups (broad SMARTS) is 2. The van der Waals surface area contributed by atoms with Gasteiger partial charge in [0.2, 0.25) is 5.91 Å². The lowest BCUT2D eigenvalue weighted by atomic mass is 10.1. The van der Waals surface area contributed by atoms with E-state index in [1.165, 1.54) is 0 Å². The van der Waals surface area contributed by atoms with E-state index in [1.807, 2.05) is 79.1 Å². The third kappa shape index (κ3) is 6.02. The van der Waals surface area contributed by atoms with Crippen molar-refractivity contribution in [2.45, 2.75) is 6.61 Å². The molecule has 9 nitrogen and oxygen atoms in total. The molecule has 0 aliphatic carbocycles. The minimum atomic E-state index is -1.82. The topological polar surface area (TPSA) is 122 Å². The third-order valence-corrected chi connectivity index (χ3v) is 6.65. The van der Waals surface area contributed by atoms with Crippen LogP contribution in [0.2, 0.25) is 0 Å². The molecule has 0 bridgehead atoms. The van der Waals surface area contributed by atoms with Gasteiger partial charge in [-0.25, -0.2) is 9.59 Å². The molecule has 0 amide bonds. The highest BCUT2D eigenvalue weighted by Crippen LogP contribution is 2.32. The SMILES string of the molecule is O=C(C1CSN(c2cccnc2)C1)n1ccc2cc(OCc3ccccc3)ccc21.O=C(O)C(=O)O. The Labute approximate surface area is 211 Å². The molecular weight excluding hydrogens is 482 g/mol. The molecule has 1 aliphatic rings. The molecule has 1 unspecified atom stereocenters. The summed E-state index contributed by atoms with van der Waals surface area (Å²) in [5.41, 5.74) is 3.08. The number of carboxylic acids is 2. The Bertz CT molecular complexity index is 1350. The number of ether oxygens (including phenoxy) is 1. The van der Waals surface area contributed by atoms with Crippen molar-refractivity contribution in [1.82, 2.24) is 9.55 Å². The zero-order valence-corrected chi connectivity index (χ0v) is 19.9. The van der Waals surface area contributed by atoms with Gasteiger partial charge in [0.15, 0.2) is 0 Å². The predicted molar refractivity (Wildman–Crippen MR) is 136 cm³/mol. The van der Waals surface area contributed by atoms with E-state index in [2.05, 4.69) is 9.29 Å². The standard InChI is InChI=1S/C24H21N3O2S.C2H2O4/c28-24(20-15-27(30-17-20)21-7-4-11-25-14-21)26-12-10-19-13-22(8-9-23(19)26)29-16-18-5-2-1-3-6-18;3-1(4)2(5)6/h1-14,20H,15-17H2;(H,3,4)(H,5,6). The van der Waals surface area contributed by atoms with Crippen molar-refractivity contribution in [1.29, 1.82) is 0 Å². The molecule has 5 rings (SSSR count). The number of carbonyl (C=O) groups is 3. The average Bonchev–Trinajstić information content (AvgIpc) is 3.56. The molecule has 1 fully saturated rings. The van der Waals surface area contributed by atoms with E-state index in [1.54, 1.807) is 22.7 Å². The van der Waals surface area contributed by atoms with Crippen LogP contribution < -0.4 is 9.04 Å². The second kappa shape index (κ2) is 11.4. The summed E-state index contributed by atoms with van der Waals surface area (Å²) in [4.78, 5) is 35.5. The zero-order chi connectivity index (χ0) is 25.5. The molecule has 1 aliphatic heterocycles. The third-order valence-electron chi connectivity index (χ3n) is 5.43. The molecule has 2 aromatic heterocycles. The summed E-state index contributed by atoms with van der Waals surface area (Å²) in [5, 5.41) is 15.8. The first kappa shape index (κ1) is 24.8. The Hall–Kier alpha value is -4.31. The van der Waals surface area contributed by atoms with Crippen molar-refractivity contribution < 1.29 is 29.3 Å². The van der Waals surface area contributed by atoms with Gasteiger partial charge in [0, 0.05) is 30.1 Å². The predicted octanol–water partition coefficient (Wildman–Crippen LogP) is 4.20. The molecule has 2 aromatic carbocycles. The first-order valence-corrected chi connectivity index (χ1v) is 12.0. The van der Waals surface area contributed by atoms with Gasteiger partial charge in [-0.05, 0) is 53.9 Å². The average molecular weight is 506 g/mol. The number of benzene rings is 2. The Morgan fingerprint density at radius 3 is 2.47 bits per heavy atom. The minimum absolute atomic E-state index is 0.0557. The second-order valence-electron chi connectivity index (χ2n) is 7.89. The smallest absolute Gasteiger partial charge is 0.414 e. The van der Waals surface area contributed by atoms with E-state index in [9.17, 15) is 4.79 Å². The summed E-state index contributed by atoms with van der Waals surface area (Å²) in [5.74, 6) is -2.01. The van der Waals surface area contributed by atoms with Crippen LogP contribution in [-0.4, -0.2) is 49.9 Å². The van der Waals surface area contributed by atoms with E-state index < -0.39 is 11.9 Å². The van der Waals surface area contributed by atoms with Crippen molar-refractivity contribution >= 4 is 46.4 Å². The molecule has 0 spiro atoms. The molecular formula is C26H23N3O6S. The summed E-state index contributed by atoms with van der Waals surface area (Å²) in [6.07, 6.45) is 5.46. The van der Waals surface area contributed by atoms with E-state index >= 15 is 0 Å². The molecule has 184 valence electrons. The lowest BCUT2D eigenvalue weighted by Gasteiger charge is -2.16. The highest BCUT2D eigenvalue weighted by atomic mass is 32.2. The second-order valence-corrected chi connectivity index (χ2v) is 8.93. The van der Waals surface area contributed by atoms with Gasteiger partial charge in [0.25, 0.3) is 0 Å². The van der Waals surface area contributed by atoms with Gasteiger partial charge < -0.3 is 19.3 Å². The number of fused-ring (bicyclic) bond motifs is 1. The van der Waals surface area contributed by atoms with Crippen LogP contribution in [0.25, 0.3) is 10.9 Å². The van der Waals surface area contributed by atoms with Crippen molar-refractivity contribution in [3.8, 4) is 5.75 Å². The molecule has 10 heteroatoms.